The Kier molecular flexibility index (Phi) is 55.4. The summed E-state index contributed by atoms with van der Waals surface area (Å²) in [5.41, 5.74) is 0. The van der Waals surface area contributed by atoms with Crippen LogP contribution in [-0.4, -0.2) is 87.4 Å². The van der Waals surface area contributed by atoms with Gasteiger partial charge in [0.25, 0.3) is 6.29 Å². The summed E-state index contributed by atoms with van der Waals surface area (Å²) in [4.78, 5) is 37.5. The molecule has 0 aromatic carbocycles. The van der Waals surface area contributed by atoms with Crippen LogP contribution in [0, 0.1) is 0 Å². The van der Waals surface area contributed by atoms with Gasteiger partial charge in [-0.3, -0.25) is 9.59 Å². The van der Waals surface area contributed by atoms with Gasteiger partial charge in [0.2, 0.25) is 0 Å². The molecular weight excluding hydrogens is 947 g/mol. The van der Waals surface area contributed by atoms with Crippen molar-refractivity contribution in [1.29, 1.82) is 0 Å². The van der Waals surface area contributed by atoms with Crippen molar-refractivity contribution < 1.29 is 42.9 Å². The van der Waals surface area contributed by atoms with Crippen molar-refractivity contribution in [1.82, 2.24) is 0 Å². The summed E-state index contributed by atoms with van der Waals surface area (Å²) in [7, 11) is 5.97. The molecule has 2 unspecified atom stereocenters. The number of likely N-dealkylation sites (N-methyl/N-ethyl adjacent to an activating group) is 1. The minimum absolute atomic E-state index is 0.183. The number of hydrogen-bond acceptors (Lipinski definition) is 7. The Morgan fingerprint density at radius 1 is 0.408 bits per heavy atom. The van der Waals surface area contributed by atoms with E-state index in [1.54, 1.807) is 0 Å². The van der Waals surface area contributed by atoms with Gasteiger partial charge in [-0.1, -0.05) is 254 Å². The van der Waals surface area contributed by atoms with Crippen LogP contribution in [0.1, 0.15) is 277 Å². The van der Waals surface area contributed by atoms with Crippen molar-refractivity contribution in [2.24, 2.45) is 0 Å². The zero-order valence-electron chi connectivity index (χ0n) is 50.2. The number of quaternary nitrogens is 1. The van der Waals surface area contributed by atoms with Gasteiger partial charge >= 0.3 is 17.9 Å². The number of carboxylic acid groups (broad SMARTS) is 1. The summed E-state index contributed by atoms with van der Waals surface area (Å²) >= 11 is 0. The topological polar surface area (TPSA) is 108 Å². The van der Waals surface area contributed by atoms with Crippen LogP contribution in [-0.2, 0) is 33.3 Å². The molecule has 0 fully saturated rings. The van der Waals surface area contributed by atoms with Crippen LogP contribution in [0.3, 0.4) is 0 Å². The molecule has 0 aliphatic carbocycles. The van der Waals surface area contributed by atoms with Gasteiger partial charge in [-0.2, -0.15) is 0 Å². The first-order chi connectivity index (χ1) is 37.1. The largest absolute Gasteiger partial charge is 0.477 e. The zero-order valence-corrected chi connectivity index (χ0v) is 50.2. The number of allylic oxidation sites excluding steroid dienone is 12. The van der Waals surface area contributed by atoms with E-state index < -0.39 is 24.3 Å². The molecular formula is C67H120NO8+. The minimum Gasteiger partial charge on any atom is -0.477 e. The number of hydrogen-bond donors (Lipinski definition) is 1. The molecule has 0 heterocycles. The molecule has 0 aromatic heterocycles. The van der Waals surface area contributed by atoms with E-state index in [2.05, 4.69) is 86.8 Å². The molecule has 0 bridgehead atoms. The molecule has 9 nitrogen and oxygen atoms in total. The van der Waals surface area contributed by atoms with Gasteiger partial charge in [0.05, 0.1) is 34.4 Å². The van der Waals surface area contributed by atoms with Crippen LogP contribution in [0.5, 0.6) is 0 Å². The maximum Gasteiger partial charge on any atom is 0.361 e. The van der Waals surface area contributed by atoms with Gasteiger partial charge in [0.15, 0.2) is 6.10 Å². The monoisotopic (exact) mass is 1070 g/mol. The predicted octanol–water partition coefficient (Wildman–Crippen LogP) is 19.0. The number of rotatable bonds is 58. The van der Waals surface area contributed by atoms with E-state index >= 15 is 0 Å². The maximum atomic E-state index is 12.9. The second-order valence-electron chi connectivity index (χ2n) is 22.3. The highest BCUT2D eigenvalue weighted by Crippen LogP contribution is 2.17. The van der Waals surface area contributed by atoms with Crippen molar-refractivity contribution in [3.05, 3.63) is 72.9 Å². The average molecular weight is 1070 g/mol. The lowest BCUT2D eigenvalue weighted by atomic mass is 10.0. The Balaban J connectivity index is 4.12. The molecule has 1 N–H and O–H groups in total. The lowest BCUT2D eigenvalue weighted by Gasteiger charge is -2.25. The number of ether oxygens (including phenoxy) is 4. The summed E-state index contributed by atoms with van der Waals surface area (Å²) in [6, 6.07) is 0. The summed E-state index contributed by atoms with van der Waals surface area (Å²) in [5.74, 6) is -2.00. The lowest BCUT2D eigenvalue weighted by Crippen LogP contribution is -2.40. The van der Waals surface area contributed by atoms with Crippen LogP contribution >= 0.6 is 0 Å². The molecule has 0 saturated heterocycles. The minimum atomic E-state index is -1.51. The molecule has 0 spiro atoms. The van der Waals surface area contributed by atoms with Crippen LogP contribution in [0.15, 0.2) is 72.9 Å². The molecule has 76 heavy (non-hydrogen) atoms. The summed E-state index contributed by atoms with van der Waals surface area (Å²) < 4.78 is 22.9. The quantitative estimate of drug-likeness (QED) is 0.0211. The van der Waals surface area contributed by atoms with E-state index in [1.807, 2.05) is 21.1 Å². The molecule has 0 rings (SSSR count). The SMILES string of the molecule is CC/C=C\C/C=C\C/C=C\C/C=C\C/C=C\CCCCCCCCCCCCCCCCCCCC(=O)OC(COC(=O)CCCCCCCCC/C=C\CCCCCCCCC)COC(OCC[N+](C)(C)C)C(=O)O. The van der Waals surface area contributed by atoms with E-state index in [9.17, 15) is 19.5 Å². The van der Waals surface area contributed by atoms with Crippen molar-refractivity contribution >= 4 is 17.9 Å². The van der Waals surface area contributed by atoms with Gasteiger partial charge in [0.1, 0.15) is 13.2 Å². The Labute approximate surface area is 468 Å². The molecule has 0 aliphatic heterocycles. The highest BCUT2D eigenvalue weighted by atomic mass is 16.7. The van der Waals surface area contributed by atoms with Crippen molar-refractivity contribution in [2.45, 2.75) is 289 Å². The molecule has 0 aliphatic rings. The highest BCUT2D eigenvalue weighted by molar-refractivity contribution is 5.71. The smallest absolute Gasteiger partial charge is 0.361 e. The van der Waals surface area contributed by atoms with E-state index in [1.165, 1.54) is 180 Å². The molecule has 0 saturated carbocycles. The molecule has 440 valence electrons. The number of unbranched alkanes of at least 4 members (excludes halogenated alkanes) is 31. The molecule has 0 radical (unpaired) electrons. The molecule has 2 atom stereocenters. The van der Waals surface area contributed by atoms with E-state index in [-0.39, 0.29) is 32.2 Å². The Bertz CT molecular complexity index is 1470. The van der Waals surface area contributed by atoms with Crippen LogP contribution in [0.2, 0.25) is 0 Å². The first kappa shape index (κ1) is 72.7. The third-order valence-corrected chi connectivity index (χ3v) is 13.7. The van der Waals surface area contributed by atoms with Crippen molar-refractivity contribution in [2.75, 3.05) is 47.5 Å². The maximum absolute atomic E-state index is 12.9. The number of nitrogens with zero attached hydrogens (tertiary/aromatic N) is 1. The Morgan fingerprint density at radius 2 is 0.750 bits per heavy atom. The standard InChI is InChI=1S/C67H119NO8/c1-6-8-10-12-14-16-18-20-22-24-26-27-28-29-30-31-32-33-34-35-36-37-38-39-40-42-44-46-48-50-52-54-56-58-65(70)76-63(62-75-67(66(71)72)73-60-59-68(3,4)5)61-74-64(69)57-55-53-51-49-47-45-43-41-25-23-21-19-17-15-13-11-9-7-2/h8,10,14,16,20,22-23,25-27,29-30,63,67H,6-7,9,11-13,15,17-19,21,24,28,31-62H2,1-5H3/p+1/b10-8-,16-14-,22-20-,25-23-,27-26-,30-29-. The zero-order chi connectivity index (χ0) is 55.5. The van der Waals surface area contributed by atoms with E-state index in [0.717, 1.165) is 70.6 Å². The molecule has 0 aromatic rings. The Morgan fingerprint density at radius 3 is 1.13 bits per heavy atom. The number of carbonyl (C=O) groups excluding carboxylic acids is 2. The van der Waals surface area contributed by atoms with Gasteiger partial charge in [-0.15, -0.1) is 0 Å². The predicted molar refractivity (Wildman–Crippen MR) is 323 cm³/mol. The summed E-state index contributed by atoms with van der Waals surface area (Å²) in [6.07, 6.45) is 72.8. The fourth-order valence-corrected chi connectivity index (χ4v) is 8.86. The number of carboxylic acids is 1. The Hall–Kier alpha value is -3.27. The summed E-state index contributed by atoms with van der Waals surface area (Å²) in [5, 5.41) is 9.72. The van der Waals surface area contributed by atoms with Gasteiger partial charge in [-0.05, 0) is 83.5 Å². The van der Waals surface area contributed by atoms with Gasteiger partial charge < -0.3 is 28.5 Å². The third kappa shape index (κ3) is 58.4. The second kappa shape index (κ2) is 57.9. The summed E-state index contributed by atoms with van der Waals surface area (Å²) in [6.45, 7) is 4.78. The highest BCUT2D eigenvalue weighted by Gasteiger charge is 2.25. The van der Waals surface area contributed by atoms with Crippen LogP contribution < -0.4 is 0 Å². The third-order valence-electron chi connectivity index (χ3n) is 13.7. The number of aliphatic carboxylic acids is 1. The average Bonchev–Trinajstić information content (AvgIpc) is 3.39. The van der Waals surface area contributed by atoms with Crippen LogP contribution in [0.4, 0.5) is 0 Å². The van der Waals surface area contributed by atoms with Gasteiger partial charge in [0, 0.05) is 12.8 Å². The van der Waals surface area contributed by atoms with Crippen molar-refractivity contribution in [3.63, 3.8) is 0 Å². The first-order valence-electron chi connectivity index (χ1n) is 31.6. The van der Waals surface area contributed by atoms with E-state index in [0.29, 0.717) is 17.4 Å². The fraction of sp³-hybridized carbons (Fsp3) is 0.776. The van der Waals surface area contributed by atoms with Crippen molar-refractivity contribution in [3.8, 4) is 0 Å². The molecule has 0 amide bonds. The van der Waals surface area contributed by atoms with Crippen LogP contribution in [0.25, 0.3) is 0 Å². The lowest BCUT2D eigenvalue weighted by molar-refractivity contribution is -0.870. The fourth-order valence-electron chi connectivity index (χ4n) is 8.86. The normalized spacial score (nSPS) is 13.2. The number of carbonyl (C=O) groups is 3. The van der Waals surface area contributed by atoms with E-state index in [4.69, 9.17) is 18.9 Å². The second-order valence-corrected chi connectivity index (χ2v) is 22.3. The first-order valence-corrected chi connectivity index (χ1v) is 31.6. The van der Waals surface area contributed by atoms with Gasteiger partial charge in [-0.25, -0.2) is 4.79 Å². The molecule has 9 heteroatoms. The number of esters is 2.